The minimum atomic E-state index is -0.718. The van der Waals surface area contributed by atoms with Crippen LogP contribution in [0.4, 0.5) is 0 Å². The van der Waals surface area contributed by atoms with E-state index < -0.39 is 5.54 Å². The molecule has 0 bridgehead atoms. The van der Waals surface area contributed by atoms with Crippen molar-refractivity contribution in [1.29, 1.82) is 0 Å². The summed E-state index contributed by atoms with van der Waals surface area (Å²) >= 11 is 0. The number of carbonyl (C=O) groups excluding carboxylic acids is 1. The van der Waals surface area contributed by atoms with Crippen LogP contribution in [0.2, 0.25) is 0 Å². The van der Waals surface area contributed by atoms with Crippen LogP contribution in [0, 0.1) is 5.41 Å². The van der Waals surface area contributed by atoms with Crippen molar-refractivity contribution in [2.24, 2.45) is 11.1 Å². The first-order chi connectivity index (χ1) is 6.90. The van der Waals surface area contributed by atoms with Crippen molar-refractivity contribution in [1.82, 2.24) is 0 Å². The summed E-state index contributed by atoms with van der Waals surface area (Å²) < 4.78 is 5.14. The Kier molecular flexibility index (Phi) is 3.77. The molecule has 1 aliphatic carbocycles. The van der Waals surface area contributed by atoms with Crippen molar-refractivity contribution in [3.63, 3.8) is 0 Å². The molecule has 0 saturated heterocycles. The van der Waals surface area contributed by atoms with Gasteiger partial charge < -0.3 is 10.5 Å². The molecule has 3 heteroatoms. The van der Waals surface area contributed by atoms with Gasteiger partial charge in [0.05, 0.1) is 6.61 Å². The summed E-state index contributed by atoms with van der Waals surface area (Å²) in [6.45, 7) is 6.93. The fraction of sp³-hybridized carbons (Fsp3) is 0.917. The smallest absolute Gasteiger partial charge is 0.326 e. The quantitative estimate of drug-likeness (QED) is 0.731. The van der Waals surface area contributed by atoms with Crippen molar-refractivity contribution in [3.05, 3.63) is 0 Å². The summed E-state index contributed by atoms with van der Waals surface area (Å²) in [6.07, 6.45) is 4.37. The minimum absolute atomic E-state index is 0.208. The molecule has 0 aromatic heterocycles. The van der Waals surface area contributed by atoms with Gasteiger partial charge in [0.25, 0.3) is 0 Å². The van der Waals surface area contributed by atoms with Crippen LogP contribution in [0.5, 0.6) is 0 Å². The molecule has 3 nitrogen and oxygen atoms in total. The van der Waals surface area contributed by atoms with E-state index in [0.717, 1.165) is 32.1 Å². The summed E-state index contributed by atoms with van der Waals surface area (Å²) in [5.74, 6) is -0.208. The Bertz CT molecular complexity index is 226. The van der Waals surface area contributed by atoms with E-state index in [1.165, 1.54) is 0 Å². The molecule has 0 amide bonds. The Morgan fingerprint density at radius 3 is 2.27 bits per heavy atom. The van der Waals surface area contributed by atoms with E-state index in [1.807, 2.05) is 6.92 Å². The highest BCUT2D eigenvalue weighted by molar-refractivity contribution is 5.80. The lowest BCUT2D eigenvalue weighted by atomic mass is 9.70. The maximum Gasteiger partial charge on any atom is 0.326 e. The van der Waals surface area contributed by atoms with E-state index in [-0.39, 0.29) is 5.97 Å². The molecule has 1 aliphatic rings. The summed E-state index contributed by atoms with van der Waals surface area (Å²) in [5, 5.41) is 0. The van der Waals surface area contributed by atoms with E-state index in [2.05, 4.69) is 13.8 Å². The average Bonchev–Trinajstić information content (AvgIpc) is 2.19. The topological polar surface area (TPSA) is 52.3 Å². The first-order valence-electron chi connectivity index (χ1n) is 5.86. The Morgan fingerprint density at radius 1 is 1.27 bits per heavy atom. The van der Waals surface area contributed by atoms with Gasteiger partial charge in [0.15, 0.2) is 0 Å². The second-order valence-electron chi connectivity index (χ2n) is 5.46. The molecule has 15 heavy (non-hydrogen) atoms. The number of esters is 1. The van der Waals surface area contributed by atoms with Crippen molar-refractivity contribution < 1.29 is 9.53 Å². The van der Waals surface area contributed by atoms with Crippen molar-refractivity contribution in [3.8, 4) is 0 Å². The van der Waals surface area contributed by atoms with Gasteiger partial charge in [-0.25, -0.2) is 0 Å². The van der Waals surface area contributed by atoms with Crippen LogP contribution < -0.4 is 5.73 Å². The van der Waals surface area contributed by atoms with Gasteiger partial charge >= 0.3 is 5.97 Å². The molecule has 0 aliphatic heterocycles. The highest BCUT2D eigenvalue weighted by atomic mass is 16.5. The molecule has 0 atom stereocenters. The molecule has 1 rings (SSSR count). The van der Waals surface area contributed by atoms with Gasteiger partial charge in [-0.1, -0.05) is 20.8 Å². The predicted molar refractivity (Wildman–Crippen MR) is 60.4 cm³/mol. The van der Waals surface area contributed by atoms with Crippen LogP contribution >= 0.6 is 0 Å². The van der Waals surface area contributed by atoms with Crippen molar-refractivity contribution in [2.45, 2.75) is 58.4 Å². The largest absolute Gasteiger partial charge is 0.464 e. The van der Waals surface area contributed by atoms with E-state index >= 15 is 0 Å². The monoisotopic (exact) mass is 213 g/mol. The lowest BCUT2D eigenvalue weighted by Crippen LogP contribution is -2.52. The molecule has 1 fully saturated rings. The Labute approximate surface area is 92.4 Å². The maximum absolute atomic E-state index is 11.7. The van der Waals surface area contributed by atoms with Gasteiger partial charge in [-0.05, 0) is 37.5 Å². The number of nitrogens with two attached hydrogens (primary N) is 1. The third-order valence-corrected chi connectivity index (χ3v) is 3.34. The number of hydrogen-bond donors (Lipinski definition) is 1. The molecule has 0 spiro atoms. The summed E-state index contributed by atoms with van der Waals surface area (Å²) in [7, 11) is 0. The van der Waals surface area contributed by atoms with Crippen LogP contribution in [0.1, 0.15) is 52.9 Å². The highest BCUT2D eigenvalue weighted by Crippen LogP contribution is 2.39. The summed E-state index contributed by atoms with van der Waals surface area (Å²) in [6, 6.07) is 0. The van der Waals surface area contributed by atoms with E-state index in [0.29, 0.717) is 12.0 Å². The fourth-order valence-electron chi connectivity index (χ4n) is 1.92. The van der Waals surface area contributed by atoms with Gasteiger partial charge in [-0.2, -0.15) is 0 Å². The minimum Gasteiger partial charge on any atom is -0.464 e. The highest BCUT2D eigenvalue weighted by Gasteiger charge is 2.41. The lowest BCUT2D eigenvalue weighted by molar-refractivity contribution is -0.152. The number of carbonyl (C=O) groups is 1. The Hall–Kier alpha value is -0.570. The standard InChI is InChI=1S/C12H23NO2/c1-4-9-15-10(14)12(13)7-5-11(2,3)6-8-12/h4-9,13H2,1-3H3. The molecule has 0 aromatic rings. The second kappa shape index (κ2) is 4.52. The zero-order valence-corrected chi connectivity index (χ0v) is 10.1. The predicted octanol–water partition coefficient (Wildman–Crippen LogP) is 2.24. The zero-order valence-electron chi connectivity index (χ0n) is 10.1. The average molecular weight is 213 g/mol. The number of rotatable bonds is 3. The SMILES string of the molecule is CCCOC(=O)C1(N)CCC(C)(C)CC1. The molecule has 1 saturated carbocycles. The Morgan fingerprint density at radius 2 is 1.80 bits per heavy atom. The van der Waals surface area contributed by atoms with Crippen LogP contribution in [0.15, 0.2) is 0 Å². The summed E-state index contributed by atoms with van der Waals surface area (Å²) in [5.41, 5.74) is 5.70. The van der Waals surface area contributed by atoms with Gasteiger partial charge in [-0.3, -0.25) is 4.79 Å². The second-order valence-corrected chi connectivity index (χ2v) is 5.46. The third kappa shape index (κ3) is 3.20. The zero-order chi connectivity index (χ0) is 11.5. The summed E-state index contributed by atoms with van der Waals surface area (Å²) in [4.78, 5) is 11.7. The molecule has 0 radical (unpaired) electrons. The van der Waals surface area contributed by atoms with Crippen molar-refractivity contribution in [2.75, 3.05) is 6.61 Å². The molecule has 0 unspecified atom stereocenters. The number of ether oxygens (including phenoxy) is 1. The number of hydrogen-bond acceptors (Lipinski definition) is 3. The van der Waals surface area contributed by atoms with Crippen LogP contribution in [0.25, 0.3) is 0 Å². The lowest BCUT2D eigenvalue weighted by Gasteiger charge is -2.39. The van der Waals surface area contributed by atoms with Gasteiger partial charge in [0.1, 0.15) is 5.54 Å². The van der Waals surface area contributed by atoms with Crippen LogP contribution in [0.3, 0.4) is 0 Å². The molecular formula is C12H23NO2. The van der Waals surface area contributed by atoms with E-state index in [1.54, 1.807) is 0 Å². The molecule has 2 N–H and O–H groups in total. The molecule has 0 aromatic carbocycles. The Balaban J connectivity index is 2.50. The van der Waals surface area contributed by atoms with Gasteiger partial charge in [0, 0.05) is 0 Å². The maximum atomic E-state index is 11.7. The van der Waals surface area contributed by atoms with Crippen LogP contribution in [-0.2, 0) is 9.53 Å². The van der Waals surface area contributed by atoms with Crippen molar-refractivity contribution >= 4 is 5.97 Å². The van der Waals surface area contributed by atoms with E-state index in [9.17, 15) is 4.79 Å². The first-order valence-corrected chi connectivity index (χ1v) is 5.86. The molecular weight excluding hydrogens is 190 g/mol. The van der Waals surface area contributed by atoms with Crippen LogP contribution in [-0.4, -0.2) is 18.1 Å². The molecule has 0 heterocycles. The van der Waals surface area contributed by atoms with Gasteiger partial charge in [-0.15, -0.1) is 0 Å². The third-order valence-electron chi connectivity index (χ3n) is 3.34. The first kappa shape index (κ1) is 12.5. The van der Waals surface area contributed by atoms with E-state index in [4.69, 9.17) is 10.5 Å². The normalized spacial score (nSPS) is 23.5. The molecule has 88 valence electrons. The van der Waals surface area contributed by atoms with Gasteiger partial charge in [0.2, 0.25) is 0 Å². The fourth-order valence-corrected chi connectivity index (χ4v) is 1.92.